The Hall–Kier alpha value is -6.29. The van der Waals surface area contributed by atoms with Crippen LogP contribution in [-0.2, 0) is 10.0 Å². The van der Waals surface area contributed by atoms with Gasteiger partial charge in [-0.15, -0.1) is 0 Å². The molecule has 5 rings (SSSR count). The number of hydrogen-bond acceptors (Lipinski definition) is 8. The lowest BCUT2D eigenvalue weighted by Gasteiger charge is -2.17. The van der Waals surface area contributed by atoms with Crippen molar-refractivity contribution in [2.75, 3.05) is 23.2 Å². The molecule has 5 aromatic carbocycles. The zero-order valence-corrected chi connectivity index (χ0v) is 27.0. The van der Waals surface area contributed by atoms with Crippen LogP contribution in [0, 0.1) is 11.3 Å². The smallest absolute Gasteiger partial charge is 0.278 e. The number of nitriles is 1. The summed E-state index contributed by atoms with van der Waals surface area (Å²) in [7, 11) is -3.97. The molecule has 12 heteroatoms. The van der Waals surface area contributed by atoms with E-state index in [0.29, 0.717) is 33.2 Å². The lowest BCUT2D eigenvalue weighted by atomic mass is 10.0. The summed E-state index contributed by atoms with van der Waals surface area (Å²) >= 11 is 0. The SMILES string of the molecule is CC(=O)c1ccccc1C(=O)N(O)CCOc1ccc(-c2cccc(S(=O)(=O)Nc3ccc(C(=O)Nc4ccc(C#N)cc4)cc3)c2)cc1. The number of sulfonamides is 1. The van der Waals surface area contributed by atoms with Gasteiger partial charge < -0.3 is 10.1 Å². The first-order chi connectivity index (χ1) is 23.5. The van der Waals surface area contributed by atoms with Crippen LogP contribution in [0.4, 0.5) is 11.4 Å². The number of nitrogens with zero attached hydrogens (tertiary/aromatic N) is 2. The fourth-order valence-corrected chi connectivity index (χ4v) is 5.89. The van der Waals surface area contributed by atoms with E-state index < -0.39 is 15.9 Å². The van der Waals surface area contributed by atoms with Gasteiger partial charge in [0, 0.05) is 22.5 Å². The van der Waals surface area contributed by atoms with Crippen LogP contribution < -0.4 is 14.8 Å². The van der Waals surface area contributed by atoms with E-state index in [1.165, 1.54) is 55.5 Å². The van der Waals surface area contributed by atoms with Crippen molar-refractivity contribution in [1.29, 1.82) is 5.26 Å². The van der Waals surface area contributed by atoms with Crippen LogP contribution in [0.2, 0.25) is 0 Å². The molecule has 246 valence electrons. The summed E-state index contributed by atoms with van der Waals surface area (Å²) in [6.45, 7) is 1.18. The lowest BCUT2D eigenvalue weighted by molar-refractivity contribution is -0.0637. The normalized spacial score (nSPS) is 10.8. The van der Waals surface area contributed by atoms with Gasteiger partial charge in [0.1, 0.15) is 12.4 Å². The minimum atomic E-state index is -3.97. The van der Waals surface area contributed by atoms with Crippen LogP contribution in [-0.4, -0.2) is 49.4 Å². The van der Waals surface area contributed by atoms with E-state index in [1.54, 1.807) is 72.8 Å². The molecule has 0 aliphatic rings. The van der Waals surface area contributed by atoms with Gasteiger partial charge in [-0.25, -0.2) is 13.5 Å². The predicted molar refractivity (Wildman–Crippen MR) is 183 cm³/mol. The Balaban J connectivity index is 1.17. The van der Waals surface area contributed by atoms with Gasteiger partial charge in [0.05, 0.1) is 28.6 Å². The molecule has 0 bridgehead atoms. The number of hydroxylamine groups is 2. The second-order valence-electron chi connectivity index (χ2n) is 10.8. The standard InChI is InChI=1S/C37H30N4O7S/c1-25(42)34-7-2-3-8-35(34)37(44)41(45)21-22-48-32-19-13-27(14-20-32)29-5-4-6-33(23-29)49(46,47)40-31-17-11-28(12-18-31)36(43)39-30-15-9-26(24-38)10-16-30/h2-20,23,40,45H,21-22H2,1H3,(H,39,43). The third-order valence-corrected chi connectivity index (χ3v) is 8.73. The van der Waals surface area contributed by atoms with Gasteiger partial charge >= 0.3 is 0 Å². The molecule has 49 heavy (non-hydrogen) atoms. The number of rotatable bonds is 12. The Morgan fingerprint density at radius 1 is 0.796 bits per heavy atom. The number of Topliss-reactive ketones (excluding diaryl/α,β-unsaturated/α-hetero) is 1. The summed E-state index contributed by atoms with van der Waals surface area (Å²) in [5.41, 5.74) is 3.26. The van der Waals surface area contributed by atoms with Crippen molar-refractivity contribution in [2.24, 2.45) is 0 Å². The van der Waals surface area contributed by atoms with Crippen LogP contribution in [0.25, 0.3) is 11.1 Å². The van der Waals surface area contributed by atoms with E-state index in [0.717, 1.165) is 5.56 Å². The van der Waals surface area contributed by atoms with Gasteiger partial charge in [-0.2, -0.15) is 5.26 Å². The first-order valence-electron chi connectivity index (χ1n) is 14.9. The Bertz CT molecular complexity index is 2140. The van der Waals surface area contributed by atoms with E-state index in [2.05, 4.69) is 10.0 Å². The average molecular weight is 675 g/mol. The number of benzene rings is 5. The largest absolute Gasteiger partial charge is 0.492 e. The van der Waals surface area contributed by atoms with Crippen molar-refractivity contribution in [1.82, 2.24) is 5.06 Å². The molecule has 3 N–H and O–H groups in total. The molecule has 0 unspecified atom stereocenters. The van der Waals surface area contributed by atoms with Crippen molar-refractivity contribution >= 4 is 39.0 Å². The third kappa shape index (κ3) is 8.55. The first-order valence-corrected chi connectivity index (χ1v) is 16.4. The number of ketones is 1. The number of hydrogen-bond donors (Lipinski definition) is 3. The van der Waals surface area contributed by atoms with Crippen molar-refractivity contribution < 1.29 is 32.7 Å². The minimum Gasteiger partial charge on any atom is -0.492 e. The molecule has 0 aromatic heterocycles. The third-order valence-electron chi connectivity index (χ3n) is 7.35. The summed E-state index contributed by atoms with van der Waals surface area (Å²) in [6, 6.07) is 33.9. The Kier molecular flexibility index (Phi) is 10.5. The molecule has 0 aliphatic carbocycles. The van der Waals surface area contributed by atoms with Crippen LogP contribution >= 0.6 is 0 Å². The molecule has 0 radical (unpaired) electrons. The maximum atomic E-state index is 13.2. The lowest BCUT2D eigenvalue weighted by Crippen LogP contribution is -2.32. The van der Waals surface area contributed by atoms with E-state index in [1.807, 2.05) is 6.07 Å². The maximum Gasteiger partial charge on any atom is 0.278 e. The summed E-state index contributed by atoms with van der Waals surface area (Å²) in [6.07, 6.45) is 0. The number of carbonyl (C=O) groups excluding carboxylic acids is 3. The zero-order valence-electron chi connectivity index (χ0n) is 26.2. The average Bonchev–Trinajstić information content (AvgIpc) is 3.12. The summed E-state index contributed by atoms with van der Waals surface area (Å²) in [5, 5.41) is 22.4. The highest BCUT2D eigenvalue weighted by molar-refractivity contribution is 7.92. The quantitative estimate of drug-likeness (QED) is 0.0778. The van der Waals surface area contributed by atoms with Gasteiger partial charge in [-0.3, -0.25) is 24.3 Å². The molecule has 0 spiro atoms. The fraction of sp³-hybridized carbons (Fsp3) is 0.0811. The van der Waals surface area contributed by atoms with Gasteiger partial charge in [0.25, 0.3) is 21.8 Å². The Morgan fingerprint density at radius 3 is 2.10 bits per heavy atom. The van der Waals surface area contributed by atoms with Crippen LogP contribution in [0.15, 0.2) is 126 Å². The van der Waals surface area contributed by atoms with E-state index in [4.69, 9.17) is 10.00 Å². The summed E-state index contributed by atoms with van der Waals surface area (Å²) < 4.78 is 34.6. The predicted octanol–water partition coefficient (Wildman–Crippen LogP) is 6.39. The van der Waals surface area contributed by atoms with Gasteiger partial charge in [0.2, 0.25) is 0 Å². The van der Waals surface area contributed by atoms with E-state index in [-0.39, 0.29) is 46.6 Å². The number of ether oxygens (including phenoxy) is 1. The first kappa shape index (κ1) is 34.1. The molecule has 11 nitrogen and oxygen atoms in total. The molecule has 0 aliphatic heterocycles. The monoisotopic (exact) mass is 674 g/mol. The highest BCUT2D eigenvalue weighted by Gasteiger charge is 2.19. The molecule has 0 atom stereocenters. The molecule has 0 saturated heterocycles. The maximum absolute atomic E-state index is 13.2. The van der Waals surface area contributed by atoms with Crippen molar-refractivity contribution in [3.05, 3.63) is 144 Å². The molecular formula is C37H30N4O7S. The van der Waals surface area contributed by atoms with E-state index >= 15 is 0 Å². The van der Waals surface area contributed by atoms with Crippen molar-refractivity contribution in [3.63, 3.8) is 0 Å². The highest BCUT2D eigenvalue weighted by Crippen LogP contribution is 2.26. The molecule has 0 heterocycles. The zero-order chi connectivity index (χ0) is 35.0. The number of amides is 2. The minimum absolute atomic E-state index is 0.0218. The molecule has 2 amide bonds. The van der Waals surface area contributed by atoms with Crippen LogP contribution in [0.3, 0.4) is 0 Å². The summed E-state index contributed by atoms with van der Waals surface area (Å²) in [4.78, 5) is 37.1. The highest BCUT2D eigenvalue weighted by atomic mass is 32.2. The Labute approximate surface area is 283 Å². The molecule has 0 saturated carbocycles. The van der Waals surface area contributed by atoms with Gasteiger partial charge in [0.15, 0.2) is 5.78 Å². The molecular weight excluding hydrogens is 644 g/mol. The fourth-order valence-electron chi connectivity index (χ4n) is 4.79. The number of carbonyl (C=O) groups is 3. The summed E-state index contributed by atoms with van der Waals surface area (Å²) in [5.74, 6) is -0.924. The second-order valence-corrected chi connectivity index (χ2v) is 12.4. The van der Waals surface area contributed by atoms with Crippen LogP contribution in [0.5, 0.6) is 5.75 Å². The molecule has 0 fully saturated rings. The second kappa shape index (κ2) is 15.1. The van der Waals surface area contributed by atoms with Gasteiger partial charge in [-0.1, -0.05) is 42.5 Å². The molecule has 5 aromatic rings. The van der Waals surface area contributed by atoms with E-state index in [9.17, 15) is 28.0 Å². The van der Waals surface area contributed by atoms with Crippen molar-refractivity contribution in [3.8, 4) is 22.9 Å². The van der Waals surface area contributed by atoms with Gasteiger partial charge in [-0.05, 0) is 96.9 Å². The van der Waals surface area contributed by atoms with Crippen molar-refractivity contribution in [2.45, 2.75) is 11.8 Å². The van der Waals surface area contributed by atoms with Crippen LogP contribution in [0.1, 0.15) is 43.6 Å². The number of anilines is 2. The topological polar surface area (TPSA) is 166 Å². The Morgan fingerprint density at radius 2 is 1.45 bits per heavy atom. The number of nitrogens with one attached hydrogen (secondary N) is 2.